The predicted molar refractivity (Wildman–Crippen MR) is 129 cm³/mol. The number of pyridine rings is 1. The molecule has 9 nitrogen and oxygen atoms in total. The molecule has 1 aromatic carbocycles. The summed E-state index contributed by atoms with van der Waals surface area (Å²) in [5.74, 6) is -0.803. The highest BCUT2D eigenvalue weighted by Crippen LogP contribution is 2.58. The van der Waals surface area contributed by atoms with Crippen molar-refractivity contribution in [2.45, 2.75) is 25.6 Å². The second-order valence-electron chi connectivity index (χ2n) is 7.20. The van der Waals surface area contributed by atoms with Gasteiger partial charge in [-0.15, -0.1) is 11.3 Å². The molecule has 2 aromatic heterocycles. The first-order chi connectivity index (χ1) is 16.2. The van der Waals surface area contributed by atoms with Gasteiger partial charge in [0.2, 0.25) is 12.7 Å². The molecule has 2 heterocycles. The Morgan fingerprint density at radius 3 is 2.79 bits per heavy atom. The molecule has 0 aliphatic heterocycles. The van der Waals surface area contributed by atoms with Crippen LogP contribution in [0.2, 0.25) is 5.02 Å². The summed E-state index contributed by atoms with van der Waals surface area (Å²) in [5, 5.41) is 5.02. The molecule has 1 amide bonds. The van der Waals surface area contributed by atoms with Crippen molar-refractivity contribution in [1.82, 2.24) is 10.3 Å². The zero-order valence-electron chi connectivity index (χ0n) is 18.2. The van der Waals surface area contributed by atoms with Crippen molar-refractivity contribution in [1.29, 1.82) is 0 Å². The highest BCUT2D eigenvalue weighted by atomic mass is 35.5. The van der Waals surface area contributed by atoms with Gasteiger partial charge in [-0.05, 0) is 66.6 Å². The maximum absolute atomic E-state index is 13.2. The number of aromatic nitrogens is 1. The first-order valence-corrected chi connectivity index (χ1v) is 12.9. The smallest absolute Gasteiger partial charge is 0.432 e. The molecular weight excluding hydrogens is 503 g/mol. The molecule has 0 radical (unpaired) electrons. The summed E-state index contributed by atoms with van der Waals surface area (Å²) in [4.78, 5) is 39.5. The topological polar surface area (TPSA) is 124 Å². The van der Waals surface area contributed by atoms with Crippen molar-refractivity contribution < 1.29 is 33.0 Å². The lowest BCUT2D eigenvalue weighted by Gasteiger charge is -2.21. The van der Waals surface area contributed by atoms with Crippen LogP contribution in [0, 0.1) is 0 Å². The van der Waals surface area contributed by atoms with Gasteiger partial charge >= 0.3 is 13.8 Å². The van der Waals surface area contributed by atoms with Gasteiger partial charge in [-0.1, -0.05) is 17.7 Å². The first-order valence-electron chi connectivity index (χ1n) is 10.0. The number of benzene rings is 1. The Labute approximate surface area is 204 Å². The van der Waals surface area contributed by atoms with Crippen LogP contribution in [-0.4, -0.2) is 34.8 Å². The Balaban J connectivity index is 1.85. The summed E-state index contributed by atoms with van der Waals surface area (Å²) in [6, 6.07) is 10.3. The van der Waals surface area contributed by atoms with Crippen LogP contribution in [0.5, 0.6) is 0 Å². The van der Waals surface area contributed by atoms with Crippen LogP contribution >= 0.6 is 30.5 Å². The van der Waals surface area contributed by atoms with E-state index >= 15 is 0 Å². The quantitative estimate of drug-likeness (QED) is 0.214. The third-order valence-corrected chi connectivity index (χ3v) is 7.21. The minimum atomic E-state index is -4.70. The van der Waals surface area contributed by atoms with Crippen LogP contribution in [-0.2, 0) is 23.4 Å². The molecule has 2 unspecified atom stereocenters. The second kappa shape index (κ2) is 11.6. The Morgan fingerprint density at radius 2 is 2.09 bits per heavy atom. The van der Waals surface area contributed by atoms with E-state index in [1.165, 1.54) is 23.6 Å². The van der Waals surface area contributed by atoms with Gasteiger partial charge in [-0.3, -0.25) is 18.9 Å². The molecule has 2 N–H and O–H groups in total. The van der Waals surface area contributed by atoms with Gasteiger partial charge in [0.15, 0.2) is 5.66 Å². The largest absolute Gasteiger partial charge is 0.510 e. The number of thiophene rings is 1. The van der Waals surface area contributed by atoms with E-state index in [2.05, 4.69) is 10.3 Å². The van der Waals surface area contributed by atoms with Crippen molar-refractivity contribution in [3.05, 3.63) is 70.5 Å². The summed E-state index contributed by atoms with van der Waals surface area (Å²) in [7, 11) is -4.70. The van der Waals surface area contributed by atoms with Gasteiger partial charge in [0, 0.05) is 22.1 Å². The minimum absolute atomic E-state index is 0.252. The van der Waals surface area contributed by atoms with Crippen molar-refractivity contribution in [3.63, 3.8) is 0 Å². The average Bonchev–Trinajstić information content (AvgIpc) is 3.16. The number of hydrogen-bond acceptors (Lipinski definition) is 8. The van der Waals surface area contributed by atoms with Crippen molar-refractivity contribution in [3.8, 4) is 0 Å². The van der Waals surface area contributed by atoms with E-state index in [1.54, 1.807) is 61.8 Å². The summed E-state index contributed by atoms with van der Waals surface area (Å²) in [5.41, 5.74) is -0.799. The fourth-order valence-corrected chi connectivity index (χ4v) is 5.44. The number of halogens is 1. The fraction of sp³-hybridized carbons (Fsp3) is 0.227. The van der Waals surface area contributed by atoms with Gasteiger partial charge in [0.05, 0.1) is 11.8 Å². The molecular formula is C22H22ClN2O7PS. The Bertz CT molecular complexity index is 1230. The summed E-state index contributed by atoms with van der Waals surface area (Å²) in [6.45, 7) is 2.35. The lowest BCUT2D eigenvalue weighted by atomic mass is 10.1. The molecule has 0 saturated carbocycles. The molecule has 12 heteroatoms. The number of carbonyl (C=O) groups is 2. The Morgan fingerprint density at radius 1 is 1.29 bits per heavy atom. The number of amides is 1. The number of ether oxygens (including phenoxy) is 2. The Kier molecular flexibility index (Phi) is 8.82. The van der Waals surface area contributed by atoms with E-state index in [1.807, 2.05) is 0 Å². The molecule has 0 fully saturated rings. The molecule has 0 bridgehead atoms. The number of rotatable bonds is 9. The third-order valence-electron chi connectivity index (χ3n) is 4.35. The maximum atomic E-state index is 13.2. The maximum Gasteiger partial charge on any atom is 0.510 e. The summed E-state index contributed by atoms with van der Waals surface area (Å²) in [6.07, 6.45) is 2.93. The van der Waals surface area contributed by atoms with E-state index in [9.17, 15) is 19.0 Å². The molecule has 2 atom stereocenters. The molecule has 0 aliphatic carbocycles. The number of hydrogen-bond donors (Lipinski definition) is 2. The summed E-state index contributed by atoms with van der Waals surface area (Å²) >= 11 is 7.39. The molecule has 180 valence electrons. The van der Waals surface area contributed by atoms with E-state index < -0.39 is 38.2 Å². The number of nitrogens with zero attached hydrogens (tertiary/aromatic N) is 1. The van der Waals surface area contributed by atoms with E-state index in [0.717, 1.165) is 4.70 Å². The number of nitrogens with one attached hydrogen (secondary N) is 1. The minimum Gasteiger partial charge on any atom is -0.432 e. The van der Waals surface area contributed by atoms with Crippen molar-refractivity contribution in [2.24, 2.45) is 0 Å². The lowest BCUT2D eigenvalue weighted by Crippen LogP contribution is -2.26. The molecule has 0 saturated heterocycles. The van der Waals surface area contributed by atoms with Crippen LogP contribution in [0.4, 0.5) is 4.79 Å². The first kappa shape index (κ1) is 25.9. The molecule has 3 aromatic rings. The van der Waals surface area contributed by atoms with Crippen LogP contribution in [0.1, 0.15) is 30.8 Å². The fourth-order valence-electron chi connectivity index (χ4n) is 2.91. The normalized spacial score (nSPS) is 14.1. The summed E-state index contributed by atoms with van der Waals surface area (Å²) < 4.78 is 28.4. The second-order valence-corrected chi connectivity index (χ2v) is 10.5. The highest BCUT2D eigenvalue weighted by Gasteiger charge is 2.41. The van der Waals surface area contributed by atoms with Gasteiger partial charge in [-0.25, -0.2) is 4.79 Å². The molecule has 3 rings (SSSR count). The predicted octanol–water partition coefficient (Wildman–Crippen LogP) is 5.50. The molecule has 0 spiro atoms. The number of carbonyl (C=O) groups excluding carboxylic acids is 2. The van der Waals surface area contributed by atoms with Crippen LogP contribution < -0.4 is 5.32 Å². The molecule has 0 aliphatic rings. The van der Waals surface area contributed by atoms with Crippen molar-refractivity contribution in [2.75, 3.05) is 6.79 Å². The SMILES string of the molecule is CC(C)OC(=O)OCOP(=O)(O)C(C(=O)NC=Cc1ccccn1)c1csc2ccc(Cl)cc12. The van der Waals surface area contributed by atoms with Crippen LogP contribution in [0.3, 0.4) is 0 Å². The van der Waals surface area contributed by atoms with Crippen LogP contribution in [0.15, 0.2) is 54.2 Å². The van der Waals surface area contributed by atoms with E-state index in [0.29, 0.717) is 16.1 Å². The van der Waals surface area contributed by atoms with E-state index in [-0.39, 0.29) is 5.56 Å². The van der Waals surface area contributed by atoms with Gasteiger partial charge in [0.25, 0.3) is 0 Å². The average molecular weight is 525 g/mol. The van der Waals surface area contributed by atoms with Crippen LogP contribution in [0.25, 0.3) is 16.2 Å². The molecule has 34 heavy (non-hydrogen) atoms. The monoisotopic (exact) mass is 524 g/mol. The van der Waals surface area contributed by atoms with Gasteiger partial charge < -0.3 is 19.7 Å². The third kappa shape index (κ3) is 6.88. The van der Waals surface area contributed by atoms with Crippen molar-refractivity contribution >= 4 is 58.8 Å². The van der Waals surface area contributed by atoms with Gasteiger partial charge in [-0.2, -0.15) is 0 Å². The lowest BCUT2D eigenvalue weighted by molar-refractivity contribution is -0.120. The Hall–Kier alpha value is -2.75. The zero-order valence-corrected chi connectivity index (χ0v) is 20.7. The van der Waals surface area contributed by atoms with E-state index in [4.69, 9.17) is 25.6 Å². The zero-order chi connectivity index (χ0) is 24.7. The highest BCUT2D eigenvalue weighted by molar-refractivity contribution is 7.54. The standard InChI is InChI=1S/C22H22ClN2O7PS/c1-14(2)32-22(27)30-13-31-33(28,29)20(18-12-34-19-7-6-15(23)11-17(18)19)21(26)25-10-8-16-5-3-4-9-24-16/h3-12,14,20H,13H2,1-2H3,(H,25,26)(H,28,29). The van der Waals surface area contributed by atoms with Gasteiger partial charge in [0.1, 0.15) is 0 Å². The number of fused-ring (bicyclic) bond motifs is 1.